The Morgan fingerprint density at radius 2 is 2.18 bits per heavy atom. The Balaban J connectivity index is 2.10. The molecule has 0 spiro atoms. The van der Waals surface area contributed by atoms with E-state index in [0.717, 1.165) is 6.20 Å². The van der Waals surface area contributed by atoms with Crippen LogP contribution in [0.4, 0.5) is 10.5 Å². The number of rotatable bonds is 2. The van der Waals surface area contributed by atoms with E-state index in [2.05, 4.69) is 5.10 Å². The molecule has 2 heterocycles. The molecule has 9 heteroatoms. The van der Waals surface area contributed by atoms with Crippen LogP contribution in [0.3, 0.4) is 0 Å². The molecule has 2 atom stereocenters. The Morgan fingerprint density at radius 1 is 1.50 bits per heavy atom. The van der Waals surface area contributed by atoms with Crippen LogP contribution < -0.4 is 0 Å². The molecule has 1 fully saturated rings. The van der Waals surface area contributed by atoms with Gasteiger partial charge in [0.05, 0.1) is 23.6 Å². The predicted molar refractivity (Wildman–Crippen MR) is 76.3 cm³/mol. The quantitative estimate of drug-likeness (QED) is 0.651. The highest BCUT2D eigenvalue weighted by Gasteiger charge is 2.33. The van der Waals surface area contributed by atoms with Crippen LogP contribution in [0.2, 0.25) is 0 Å². The third-order valence-corrected chi connectivity index (χ3v) is 3.23. The number of hydrogen-bond donors (Lipinski definition) is 1. The number of aromatic nitrogens is 2. The third kappa shape index (κ3) is 3.94. The first-order chi connectivity index (χ1) is 10.2. The van der Waals surface area contributed by atoms with Gasteiger partial charge in [0.2, 0.25) is 0 Å². The zero-order chi connectivity index (χ0) is 16.5. The summed E-state index contributed by atoms with van der Waals surface area (Å²) >= 11 is 0. The lowest BCUT2D eigenvalue weighted by molar-refractivity contribution is -0.385. The van der Waals surface area contributed by atoms with E-state index in [0.29, 0.717) is 6.42 Å². The highest BCUT2D eigenvalue weighted by Crippen LogP contribution is 2.24. The van der Waals surface area contributed by atoms with Crippen molar-refractivity contribution in [3.8, 4) is 0 Å². The van der Waals surface area contributed by atoms with Crippen molar-refractivity contribution in [3.63, 3.8) is 0 Å². The summed E-state index contributed by atoms with van der Waals surface area (Å²) in [5, 5.41) is 24.6. The molecule has 1 N–H and O–H groups in total. The van der Waals surface area contributed by atoms with E-state index >= 15 is 0 Å². The fourth-order valence-corrected chi connectivity index (χ4v) is 2.34. The molecule has 0 aliphatic carbocycles. The van der Waals surface area contributed by atoms with Gasteiger partial charge in [-0.2, -0.15) is 5.10 Å². The minimum atomic E-state index is -0.727. The number of nitro groups is 1. The van der Waals surface area contributed by atoms with E-state index in [1.165, 1.54) is 15.8 Å². The van der Waals surface area contributed by atoms with Gasteiger partial charge in [0.1, 0.15) is 18.0 Å². The average molecular weight is 312 g/mol. The second-order valence-corrected chi connectivity index (χ2v) is 6.36. The Bertz CT molecular complexity index is 565. The Morgan fingerprint density at radius 3 is 2.73 bits per heavy atom. The van der Waals surface area contributed by atoms with E-state index in [4.69, 9.17) is 4.74 Å². The van der Waals surface area contributed by atoms with Crippen molar-refractivity contribution in [2.75, 3.05) is 13.1 Å². The monoisotopic (exact) mass is 312 g/mol. The Hall–Kier alpha value is -2.16. The van der Waals surface area contributed by atoms with Crippen molar-refractivity contribution in [1.29, 1.82) is 0 Å². The van der Waals surface area contributed by atoms with Crippen LogP contribution >= 0.6 is 0 Å². The van der Waals surface area contributed by atoms with Crippen LogP contribution in [0.1, 0.15) is 33.2 Å². The van der Waals surface area contributed by atoms with Gasteiger partial charge in [0.25, 0.3) is 0 Å². The smallest absolute Gasteiger partial charge is 0.410 e. The van der Waals surface area contributed by atoms with Crippen LogP contribution in [-0.2, 0) is 4.74 Å². The van der Waals surface area contributed by atoms with Crippen molar-refractivity contribution in [3.05, 3.63) is 22.5 Å². The summed E-state index contributed by atoms with van der Waals surface area (Å²) in [6.07, 6.45) is 1.58. The van der Waals surface area contributed by atoms with Crippen molar-refractivity contribution < 1.29 is 19.6 Å². The summed E-state index contributed by atoms with van der Waals surface area (Å²) in [6, 6.07) is -0.329. The van der Waals surface area contributed by atoms with Gasteiger partial charge in [-0.25, -0.2) is 4.79 Å². The van der Waals surface area contributed by atoms with Gasteiger partial charge >= 0.3 is 11.8 Å². The molecule has 1 aliphatic heterocycles. The summed E-state index contributed by atoms with van der Waals surface area (Å²) in [5.74, 6) is 0. The second-order valence-electron chi connectivity index (χ2n) is 6.36. The number of carbonyl (C=O) groups is 1. The van der Waals surface area contributed by atoms with Crippen LogP contribution in [0, 0.1) is 10.1 Å². The van der Waals surface area contributed by atoms with E-state index in [9.17, 15) is 20.0 Å². The van der Waals surface area contributed by atoms with Gasteiger partial charge in [-0.15, -0.1) is 0 Å². The number of β-amino-alcohol motifs (C(OH)–C–C–N with tert-alkyl or cyclic N) is 1. The third-order valence-electron chi connectivity index (χ3n) is 3.23. The van der Waals surface area contributed by atoms with E-state index < -0.39 is 22.7 Å². The highest BCUT2D eigenvalue weighted by atomic mass is 16.6. The molecule has 1 aromatic rings. The first kappa shape index (κ1) is 16.2. The van der Waals surface area contributed by atoms with E-state index in [1.54, 1.807) is 20.8 Å². The van der Waals surface area contributed by atoms with Crippen molar-refractivity contribution in [2.24, 2.45) is 0 Å². The molecule has 0 bridgehead atoms. The number of piperidine rings is 1. The van der Waals surface area contributed by atoms with Gasteiger partial charge in [-0.1, -0.05) is 0 Å². The molecule has 1 saturated heterocycles. The minimum absolute atomic E-state index is 0.121. The second kappa shape index (κ2) is 5.91. The summed E-state index contributed by atoms with van der Waals surface area (Å²) in [4.78, 5) is 23.7. The summed E-state index contributed by atoms with van der Waals surface area (Å²) in [5.41, 5.74) is -0.747. The maximum absolute atomic E-state index is 12.1. The van der Waals surface area contributed by atoms with Crippen LogP contribution in [0.5, 0.6) is 0 Å². The normalized spacial score (nSPS) is 22.5. The summed E-state index contributed by atoms with van der Waals surface area (Å²) < 4.78 is 6.71. The number of amides is 1. The van der Waals surface area contributed by atoms with Crippen molar-refractivity contribution in [1.82, 2.24) is 14.7 Å². The molecule has 1 aromatic heterocycles. The predicted octanol–water partition coefficient (Wildman–Crippen LogP) is 1.33. The molecule has 9 nitrogen and oxygen atoms in total. The zero-order valence-electron chi connectivity index (χ0n) is 12.8. The van der Waals surface area contributed by atoms with Gasteiger partial charge in [-0.05, 0) is 27.2 Å². The topological polar surface area (TPSA) is 111 Å². The maximum Gasteiger partial charge on any atom is 0.410 e. The zero-order valence-corrected chi connectivity index (χ0v) is 12.8. The Labute approximate surface area is 127 Å². The number of ether oxygens (including phenoxy) is 1. The first-order valence-electron chi connectivity index (χ1n) is 7.00. The average Bonchev–Trinajstić information content (AvgIpc) is 2.85. The maximum atomic E-state index is 12.1. The minimum Gasteiger partial charge on any atom is -0.444 e. The molecule has 2 rings (SSSR count). The summed E-state index contributed by atoms with van der Waals surface area (Å²) in [7, 11) is 0. The lowest BCUT2D eigenvalue weighted by atomic mass is 10.0. The van der Waals surface area contributed by atoms with Gasteiger partial charge in [0, 0.05) is 6.54 Å². The van der Waals surface area contributed by atoms with Crippen molar-refractivity contribution >= 4 is 11.8 Å². The van der Waals surface area contributed by atoms with E-state index in [-0.39, 0.29) is 24.8 Å². The van der Waals surface area contributed by atoms with Crippen molar-refractivity contribution in [2.45, 2.75) is 44.9 Å². The van der Waals surface area contributed by atoms with Crippen LogP contribution in [0.15, 0.2) is 12.4 Å². The molecular weight excluding hydrogens is 292 g/mol. The standard InChI is InChI=1S/C13H20N4O5/c1-13(2,3)22-12(19)15-6-9(4-11(18)8-15)16-7-10(5-14-16)17(20)21/h5,7,9,11,18H,4,6,8H2,1-3H3/t9-,11-/m1/s1. The molecule has 1 aliphatic rings. The summed E-state index contributed by atoms with van der Waals surface area (Å²) in [6.45, 7) is 5.75. The van der Waals surface area contributed by atoms with E-state index in [1.807, 2.05) is 0 Å². The highest BCUT2D eigenvalue weighted by molar-refractivity contribution is 5.68. The molecule has 1 amide bonds. The fraction of sp³-hybridized carbons (Fsp3) is 0.692. The molecular formula is C13H20N4O5. The lowest BCUT2D eigenvalue weighted by Gasteiger charge is -2.36. The number of aliphatic hydroxyl groups excluding tert-OH is 1. The molecule has 0 unspecified atom stereocenters. The van der Waals surface area contributed by atoms with Crippen LogP contribution in [0.25, 0.3) is 0 Å². The number of nitrogens with zero attached hydrogens (tertiary/aromatic N) is 4. The fourth-order valence-electron chi connectivity index (χ4n) is 2.34. The molecule has 22 heavy (non-hydrogen) atoms. The lowest BCUT2D eigenvalue weighted by Crippen LogP contribution is -2.48. The SMILES string of the molecule is CC(C)(C)OC(=O)N1C[C@H](O)C[C@@H](n2cc([N+](=O)[O-])cn2)C1. The molecule has 0 radical (unpaired) electrons. The van der Waals surface area contributed by atoms with Gasteiger partial charge < -0.3 is 14.7 Å². The number of aliphatic hydroxyl groups is 1. The van der Waals surface area contributed by atoms with Gasteiger partial charge in [-0.3, -0.25) is 14.8 Å². The molecule has 122 valence electrons. The van der Waals surface area contributed by atoms with Gasteiger partial charge in [0.15, 0.2) is 0 Å². The molecule has 0 aromatic carbocycles. The number of hydrogen-bond acceptors (Lipinski definition) is 6. The molecule has 0 saturated carbocycles. The first-order valence-corrected chi connectivity index (χ1v) is 7.00. The number of likely N-dealkylation sites (tertiary alicyclic amines) is 1. The van der Waals surface area contributed by atoms with Crippen LogP contribution in [-0.4, -0.2) is 55.6 Å². The largest absolute Gasteiger partial charge is 0.444 e. The number of carbonyl (C=O) groups excluding carboxylic acids is 1. The Kier molecular flexibility index (Phi) is 4.36.